The highest BCUT2D eigenvalue weighted by Gasteiger charge is 2.50. The summed E-state index contributed by atoms with van der Waals surface area (Å²) in [6, 6.07) is 0. The Morgan fingerprint density at radius 1 is 0.486 bits per heavy atom. The maximum Gasteiger partial charge on any atom is 0.345 e. The fraction of sp³-hybridized carbons (Fsp3) is 1.00. The molecule has 0 aliphatic carbocycles. The minimum Gasteiger partial charge on any atom is -0.309 e. The lowest BCUT2D eigenvalue weighted by molar-refractivity contribution is 0.179. The molecule has 0 spiro atoms. The molecule has 0 heterocycles. The highest BCUT2D eigenvalue weighted by molar-refractivity contribution is 7.72. The lowest BCUT2D eigenvalue weighted by Gasteiger charge is -2.32. The number of hydrogen-bond donors (Lipinski definition) is 0. The lowest BCUT2D eigenvalue weighted by Crippen LogP contribution is -2.19. The second-order valence-corrected chi connectivity index (χ2v) is 15.4. The van der Waals surface area contributed by atoms with Gasteiger partial charge >= 0.3 is 22.8 Å². The van der Waals surface area contributed by atoms with Gasteiger partial charge in [-0.1, -0.05) is 48.0 Å². The van der Waals surface area contributed by atoms with Gasteiger partial charge in [-0.15, -0.1) is 0 Å². The molecule has 0 saturated carbocycles. The van der Waals surface area contributed by atoms with Crippen molar-refractivity contribution >= 4 is 22.8 Å². The highest BCUT2D eigenvalue weighted by atomic mass is 31.2. The first kappa shape index (κ1) is 35.5. The maximum absolute atomic E-state index is 14.0. The molecule has 0 bridgehead atoms. The summed E-state index contributed by atoms with van der Waals surface area (Å²) >= 11 is 0. The van der Waals surface area contributed by atoms with Crippen LogP contribution >= 0.6 is 22.8 Å². The van der Waals surface area contributed by atoms with Gasteiger partial charge in [0.2, 0.25) is 0 Å². The normalized spacial score (nSPS) is 13.1. The van der Waals surface area contributed by atoms with Crippen LogP contribution in [0.1, 0.15) is 99.3 Å². The van der Waals surface area contributed by atoms with Gasteiger partial charge in [0.15, 0.2) is 5.40 Å². The van der Waals surface area contributed by atoms with Gasteiger partial charge in [0.05, 0.1) is 45.8 Å². The van der Waals surface area contributed by atoms with Crippen LogP contribution < -0.4 is 0 Å². The van der Waals surface area contributed by atoms with Crippen molar-refractivity contribution in [3.05, 3.63) is 0 Å². The number of unbranched alkanes of at least 4 members (excludes halogenated alkanes) is 1. The Labute approximate surface area is 214 Å². The summed E-state index contributed by atoms with van der Waals surface area (Å²) in [5.41, 5.74) is 0. The molecule has 0 rings (SSSR count). The molecule has 0 fully saturated rings. The van der Waals surface area contributed by atoms with Crippen molar-refractivity contribution < 1.29 is 40.8 Å². The minimum atomic E-state index is -3.83. The second-order valence-electron chi connectivity index (χ2n) is 8.39. The van der Waals surface area contributed by atoms with Crippen LogP contribution in [0.25, 0.3) is 0 Å². The van der Waals surface area contributed by atoms with E-state index >= 15 is 0 Å². The van der Waals surface area contributed by atoms with Gasteiger partial charge < -0.3 is 27.1 Å². The molecule has 0 N–H and O–H groups in total. The summed E-state index contributed by atoms with van der Waals surface area (Å²) in [7, 11) is -10.9. The lowest BCUT2D eigenvalue weighted by atomic mass is 10.3. The molecule has 0 radical (unpaired) electrons. The van der Waals surface area contributed by atoms with Gasteiger partial charge in [-0.25, -0.2) is 0 Å². The molecule has 0 saturated heterocycles. The van der Waals surface area contributed by atoms with Crippen LogP contribution in [0.2, 0.25) is 0 Å². The minimum absolute atomic E-state index is 0.212. The molecule has 0 unspecified atom stereocenters. The molecular formula is C23H51O9P3. The van der Waals surface area contributed by atoms with E-state index in [0.29, 0.717) is 51.7 Å². The van der Waals surface area contributed by atoms with Gasteiger partial charge in [-0.05, 0) is 51.4 Å². The van der Waals surface area contributed by atoms with Crippen LogP contribution in [0.4, 0.5) is 0 Å². The van der Waals surface area contributed by atoms with E-state index in [0.717, 1.165) is 12.8 Å². The first-order valence-electron chi connectivity index (χ1n) is 13.4. The zero-order chi connectivity index (χ0) is 26.6. The van der Waals surface area contributed by atoms with Crippen molar-refractivity contribution in [2.24, 2.45) is 0 Å². The van der Waals surface area contributed by atoms with Crippen molar-refractivity contribution in [3.8, 4) is 0 Å². The molecule has 12 heteroatoms. The predicted octanol–water partition coefficient (Wildman–Crippen LogP) is 8.62. The third-order valence-corrected chi connectivity index (χ3v) is 12.6. The number of rotatable bonds is 25. The maximum atomic E-state index is 14.0. The quantitative estimate of drug-likeness (QED) is 0.0795. The largest absolute Gasteiger partial charge is 0.345 e. The Bertz CT molecular complexity index is 590. The molecule has 0 aromatic heterocycles. The van der Waals surface area contributed by atoms with Gasteiger partial charge in [-0.2, -0.15) is 0 Å². The Balaban J connectivity index is 5.78. The predicted molar refractivity (Wildman–Crippen MR) is 143 cm³/mol. The fourth-order valence-corrected chi connectivity index (χ4v) is 10.7. The van der Waals surface area contributed by atoms with Crippen LogP contribution in [-0.4, -0.2) is 51.2 Å². The van der Waals surface area contributed by atoms with E-state index < -0.39 is 28.2 Å². The van der Waals surface area contributed by atoms with Crippen LogP contribution in [0.15, 0.2) is 0 Å². The molecule has 0 aromatic rings. The Hall–Kier alpha value is 0.450. The monoisotopic (exact) mass is 564 g/mol. The zero-order valence-electron chi connectivity index (χ0n) is 22.9. The van der Waals surface area contributed by atoms with Crippen molar-refractivity contribution in [2.45, 2.75) is 105 Å². The Kier molecular flexibility index (Phi) is 20.7. The third-order valence-electron chi connectivity index (χ3n) is 4.76. The molecule has 0 aromatic carbocycles. The van der Waals surface area contributed by atoms with Crippen molar-refractivity contribution in [1.29, 1.82) is 0 Å². The van der Waals surface area contributed by atoms with Crippen LogP contribution in [0, 0.1) is 0 Å². The van der Waals surface area contributed by atoms with Gasteiger partial charge in [0.1, 0.15) is 0 Å². The first-order valence-corrected chi connectivity index (χ1v) is 18.3. The molecule has 0 atom stereocenters. The molecule has 212 valence electrons. The van der Waals surface area contributed by atoms with Crippen LogP contribution in [0.3, 0.4) is 0 Å². The average molecular weight is 565 g/mol. The number of hydrogen-bond acceptors (Lipinski definition) is 9. The standard InChI is InChI=1S/C23H51O9P3/c1-7-16-27-33(24,28-17-8-2)22-14-13-15-23(34(25,29-18-9-3)30-19-10-4)35(26,31-20-11-5)32-21-12-6/h23H,7-22H2,1-6H3. The van der Waals surface area contributed by atoms with Crippen molar-refractivity contribution in [3.63, 3.8) is 0 Å². The van der Waals surface area contributed by atoms with E-state index in [9.17, 15) is 13.7 Å². The van der Waals surface area contributed by atoms with Crippen LogP contribution in [-0.2, 0) is 40.8 Å². The summed E-state index contributed by atoms with van der Waals surface area (Å²) in [6.07, 6.45) is 5.39. The van der Waals surface area contributed by atoms with Crippen molar-refractivity contribution in [2.75, 3.05) is 45.8 Å². The highest BCUT2D eigenvalue weighted by Crippen LogP contribution is 2.72. The molecule has 35 heavy (non-hydrogen) atoms. The van der Waals surface area contributed by atoms with Gasteiger partial charge in [-0.3, -0.25) is 13.7 Å². The summed E-state index contributed by atoms with van der Waals surface area (Å²) in [6.45, 7) is 13.1. The van der Waals surface area contributed by atoms with E-state index in [1.807, 2.05) is 41.5 Å². The molecule has 0 aliphatic rings. The Morgan fingerprint density at radius 2 is 0.800 bits per heavy atom. The molecule has 9 nitrogen and oxygen atoms in total. The van der Waals surface area contributed by atoms with E-state index in [4.69, 9.17) is 27.1 Å². The molecule has 0 aliphatic heterocycles. The summed E-state index contributed by atoms with van der Waals surface area (Å²) in [5.74, 6) is 0. The summed E-state index contributed by atoms with van der Waals surface area (Å²) in [5, 5.41) is -1.06. The smallest absolute Gasteiger partial charge is 0.309 e. The van der Waals surface area contributed by atoms with E-state index in [1.165, 1.54) is 0 Å². The first-order chi connectivity index (χ1) is 16.7. The third kappa shape index (κ3) is 14.3. The summed E-state index contributed by atoms with van der Waals surface area (Å²) in [4.78, 5) is 0. The SMILES string of the molecule is CCCOP(=O)(CCCCC(P(=O)(OCCC)OCCC)P(=O)(OCCC)OCCC)OCCC. The van der Waals surface area contributed by atoms with E-state index in [2.05, 4.69) is 0 Å². The fourth-order valence-electron chi connectivity index (χ4n) is 3.04. The average Bonchev–Trinajstić information content (AvgIpc) is 2.86. The molecule has 0 amide bonds. The van der Waals surface area contributed by atoms with E-state index in [1.54, 1.807) is 0 Å². The topological polar surface area (TPSA) is 107 Å². The second kappa shape index (κ2) is 20.4. The molecular weight excluding hydrogens is 513 g/mol. The summed E-state index contributed by atoms with van der Waals surface area (Å²) < 4.78 is 75.2. The van der Waals surface area contributed by atoms with Crippen molar-refractivity contribution in [1.82, 2.24) is 0 Å². The van der Waals surface area contributed by atoms with Gasteiger partial charge in [0.25, 0.3) is 0 Å². The zero-order valence-corrected chi connectivity index (χ0v) is 25.6. The van der Waals surface area contributed by atoms with E-state index in [-0.39, 0.29) is 39.0 Å². The van der Waals surface area contributed by atoms with Gasteiger partial charge in [0, 0.05) is 0 Å². The van der Waals surface area contributed by atoms with Crippen LogP contribution in [0.5, 0.6) is 0 Å². The Morgan fingerprint density at radius 3 is 1.11 bits per heavy atom.